The van der Waals surface area contributed by atoms with E-state index in [1.807, 2.05) is 42.6 Å². The number of aromatic nitrogens is 1. The molecular formula is C17H17ClN2O. The van der Waals surface area contributed by atoms with Gasteiger partial charge in [-0.1, -0.05) is 35.9 Å². The summed E-state index contributed by atoms with van der Waals surface area (Å²) in [6.07, 6.45) is 2.02. The Morgan fingerprint density at radius 2 is 1.90 bits per heavy atom. The number of halogens is 1. The molecule has 0 saturated carbocycles. The number of hydrogen-bond acceptors (Lipinski definition) is 2. The van der Waals surface area contributed by atoms with Crippen molar-refractivity contribution in [2.45, 2.75) is 13.1 Å². The lowest BCUT2D eigenvalue weighted by atomic mass is 10.1. The van der Waals surface area contributed by atoms with Crippen molar-refractivity contribution >= 4 is 22.5 Å². The van der Waals surface area contributed by atoms with E-state index in [2.05, 4.69) is 16.4 Å². The van der Waals surface area contributed by atoms with Crippen LogP contribution >= 0.6 is 11.6 Å². The smallest absolute Gasteiger partial charge is 0.123 e. The van der Waals surface area contributed by atoms with Crippen LogP contribution in [0.3, 0.4) is 0 Å². The highest BCUT2D eigenvalue weighted by atomic mass is 35.5. The van der Waals surface area contributed by atoms with Crippen molar-refractivity contribution in [3.05, 3.63) is 64.8 Å². The number of fused-ring (bicyclic) bond motifs is 1. The maximum Gasteiger partial charge on any atom is 0.123 e. The van der Waals surface area contributed by atoms with Gasteiger partial charge in [0.25, 0.3) is 0 Å². The molecule has 108 valence electrons. The molecule has 0 aliphatic carbocycles. The summed E-state index contributed by atoms with van der Waals surface area (Å²) >= 11 is 6.00. The third-order valence-electron chi connectivity index (χ3n) is 3.55. The zero-order valence-electron chi connectivity index (χ0n) is 11.8. The Morgan fingerprint density at radius 3 is 2.76 bits per heavy atom. The molecule has 0 spiro atoms. The molecule has 4 heteroatoms. The summed E-state index contributed by atoms with van der Waals surface area (Å²) in [5, 5.41) is 5.40. The molecule has 0 unspecified atom stereocenters. The largest absolute Gasteiger partial charge is 0.496 e. The van der Waals surface area contributed by atoms with Gasteiger partial charge in [-0.2, -0.15) is 0 Å². The number of aromatic amines is 1. The Bertz CT molecular complexity index is 751. The van der Waals surface area contributed by atoms with Crippen molar-refractivity contribution in [2.24, 2.45) is 0 Å². The highest BCUT2D eigenvalue weighted by Gasteiger charge is 2.05. The molecule has 0 bridgehead atoms. The molecule has 0 saturated heterocycles. The van der Waals surface area contributed by atoms with E-state index in [-0.39, 0.29) is 0 Å². The van der Waals surface area contributed by atoms with Crippen LogP contribution in [0.2, 0.25) is 5.02 Å². The van der Waals surface area contributed by atoms with Crippen molar-refractivity contribution in [3.8, 4) is 5.75 Å². The Balaban J connectivity index is 1.69. The number of rotatable bonds is 5. The minimum absolute atomic E-state index is 0.748. The molecule has 21 heavy (non-hydrogen) atoms. The average Bonchev–Trinajstić information content (AvgIpc) is 2.90. The fourth-order valence-electron chi connectivity index (χ4n) is 2.49. The van der Waals surface area contributed by atoms with Crippen LogP contribution in [-0.2, 0) is 13.1 Å². The second-order valence-electron chi connectivity index (χ2n) is 4.92. The van der Waals surface area contributed by atoms with Crippen LogP contribution < -0.4 is 10.1 Å². The summed E-state index contributed by atoms with van der Waals surface area (Å²) in [5.74, 6) is 0.913. The standard InChI is InChI=1S/C17H17ClN2O/c1-21-17-5-3-2-4-12(17)9-19-10-13-11-20-16-8-14(18)6-7-15(13)16/h2-8,11,19-20H,9-10H2,1H3. The first-order chi connectivity index (χ1) is 10.3. The molecule has 3 nitrogen and oxygen atoms in total. The lowest BCUT2D eigenvalue weighted by Crippen LogP contribution is -2.13. The van der Waals surface area contributed by atoms with Gasteiger partial charge < -0.3 is 15.0 Å². The van der Waals surface area contributed by atoms with Gasteiger partial charge in [0.05, 0.1) is 7.11 Å². The predicted molar refractivity (Wildman–Crippen MR) is 86.8 cm³/mol. The second-order valence-corrected chi connectivity index (χ2v) is 5.36. The van der Waals surface area contributed by atoms with Crippen molar-refractivity contribution < 1.29 is 4.74 Å². The topological polar surface area (TPSA) is 37.0 Å². The number of methoxy groups -OCH3 is 1. The summed E-state index contributed by atoms with van der Waals surface area (Å²) in [4.78, 5) is 3.25. The highest BCUT2D eigenvalue weighted by Crippen LogP contribution is 2.22. The number of ether oxygens (including phenoxy) is 1. The molecule has 0 atom stereocenters. The van der Waals surface area contributed by atoms with Crippen molar-refractivity contribution in [3.63, 3.8) is 0 Å². The second kappa shape index (κ2) is 6.20. The van der Waals surface area contributed by atoms with Gasteiger partial charge in [0.15, 0.2) is 0 Å². The maximum atomic E-state index is 6.00. The van der Waals surface area contributed by atoms with Crippen LogP contribution in [0.25, 0.3) is 10.9 Å². The summed E-state index contributed by atoms with van der Waals surface area (Å²) in [5.41, 5.74) is 3.45. The molecule has 3 rings (SSSR count). The number of H-pyrrole nitrogens is 1. The third-order valence-corrected chi connectivity index (χ3v) is 3.79. The zero-order valence-corrected chi connectivity index (χ0v) is 12.6. The van der Waals surface area contributed by atoms with E-state index in [4.69, 9.17) is 16.3 Å². The van der Waals surface area contributed by atoms with Crippen LogP contribution in [0.1, 0.15) is 11.1 Å². The fourth-order valence-corrected chi connectivity index (χ4v) is 2.66. The predicted octanol–water partition coefficient (Wildman–Crippen LogP) is 4.12. The van der Waals surface area contributed by atoms with Crippen LogP contribution in [-0.4, -0.2) is 12.1 Å². The van der Waals surface area contributed by atoms with Gasteiger partial charge in [-0.15, -0.1) is 0 Å². The molecule has 0 aliphatic heterocycles. The van der Waals surface area contributed by atoms with E-state index in [9.17, 15) is 0 Å². The molecule has 0 radical (unpaired) electrons. The molecule has 2 N–H and O–H groups in total. The first-order valence-corrected chi connectivity index (χ1v) is 7.24. The zero-order chi connectivity index (χ0) is 14.7. The van der Waals surface area contributed by atoms with E-state index in [1.54, 1.807) is 7.11 Å². The van der Waals surface area contributed by atoms with E-state index < -0.39 is 0 Å². The van der Waals surface area contributed by atoms with Crippen molar-refractivity contribution in [1.29, 1.82) is 0 Å². The van der Waals surface area contributed by atoms with Crippen molar-refractivity contribution in [2.75, 3.05) is 7.11 Å². The molecular weight excluding hydrogens is 284 g/mol. The van der Waals surface area contributed by atoms with Gasteiger partial charge in [-0.05, 0) is 23.8 Å². The minimum atomic E-state index is 0.748. The van der Waals surface area contributed by atoms with E-state index in [0.717, 1.165) is 34.9 Å². The van der Waals surface area contributed by atoms with Crippen LogP contribution in [0.5, 0.6) is 5.75 Å². The third kappa shape index (κ3) is 3.04. The molecule has 1 heterocycles. The van der Waals surface area contributed by atoms with E-state index in [0.29, 0.717) is 0 Å². The summed E-state index contributed by atoms with van der Waals surface area (Å²) in [6.45, 7) is 1.56. The van der Waals surface area contributed by atoms with Gasteiger partial charge >= 0.3 is 0 Å². The number of para-hydroxylation sites is 1. The lowest BCUT2D eigenvalue weighted by molar-refractivity contribution is 0.407. The van der Waals surface area contributed by atoms with Gasteiger partial charge in [0.2, 0.25) is 0 Å². The molecule has 0 fully saturated rings. The van der Waals surface area contributed by atoms with Gasteiger partial charge in [-0.3, -0.25) is 0 Å². The van der Waals surface area contributed by atoms with Gasteiger partial charge in [-0.25, -0.2) is 0 Å². The first kappa shape index (κ1) is 14.0. The monoisotopic (exact) mass is 300 g/mol. The minimum Gasteiger partial charge on any atom is -0.496 e. The van der Waals surface area contributed by atoms with E-state index in [1.165, 1.54) is 10.9 Å². The molecule has 3 aromatic rings. The summed E-state index contributed by atoms with van der Waals surface area (Å²) in [6, 6.07) is 14.0. The Labute approximate surface area is 128 Å². The fraction of sp³-hybridized carbons (Fsp3) is 0.176. The highest BCUT2D eigenvalue weighted by molar-refractivity contribution is 6.31. The number of nitrogens with one attached hydrogen (secondary N) is 2. The molecule has 2 aromatic carbocycles. The van der Waals surface area contributed by atoms with Crippen LogP contribution in [0.15, 0.2) is 48.7 Å². The number of hydrogen-bond donors (Lipinski definition) is 2. The van der Waals surface area contributed by atoms with Crippen LogP contribution in [0.4, 0.5) is 0 Å². The SMILES string of the molecule is COc1ccccc1CNCc1c[nH]c2cc(Cl)ccc12. The van der Waals surface area contributed by atoms with Crippen molar-refractivity contribution in [1.82, 2.24) is 10.3 Å². The van der Waals surface area contributed by atoms with Gasteiger partial charge in [0.1, 0.15) is 5.75 Å². The Kier molecular flexibility index (Phi) is 4.13. The first-order valence-electron chi connectivity index (χ1n) is 6.86. The van der Waals surface area contributed by atoms with Crippen LogP contribution in [0, 0.1) is 0 Å². The molecule has 0 amide bonds. The quantitative estimate of drug-likeness (QED) is 0.744. The average molecular weight is 301 g/mol. The maximum absolute atomic E-state index is 6.00. The summed E-state index contributed by atoms with van der Waals surface area (Å²) < 4.78 is 5.36. The van der Waals surface area contributed by atoms with E-state index >= 15 is 0 Å². The summed E-state index contributed by atoms with van der Waals surface area (Å²) in [7, 11) is 1.70. The molecule has 1 aromatic heterocycles. The lowest BCUT2D eigenvalue weighted by Gasteiger charge is -2.09. The normalized spacial score (nSPS) is 11.0. The Hall–Kier alpha value is -1.97. The Morgan fingerprint density at radius 1 is 1.10 bits per heavy atom. The van der Waals surface area contributed by atoms with Gasteiger partial charge in [0, 0.05) is 40.8 Å². The molecule has 0 aliphatic rings. The number of benzene rings is 2.